The van der Waals surface area contributed by atoms with Crippen molar-refractivity contribution < 1.29 is 13.2 Å². The lowest BCUT2D eigenvalue weighted by Crippen LogP contribution is -2.42. The highest BCUT2D eigenvalue weighted by atomic mass is 35.5. The van der Waals surface area contributed by atoms with Crippen molar-refractivity contribution in [3.8, 4) is 0 Å². The van der Waals surface area contributed by atoms with Crippen molar-refractivity contribution in [2.75, 3.05) is 18.4 Å². The second kappa shape index (κ2) is 8.00. The molecule has 0 bridgehead atoms. The number of carbonyl (C=O) groups is 1. The molecule has 1 aliphatic rings. The molecule has 2 aromatic carbocycles. The van der Waals surface area contributed by atoms with E-state index < -0.39 is 15.9 Å². The van der Waals surface area contributed by atoms with E-state index in [9.17, 15) is 13.2 Å². The van der Waals surface area contributed by atoms with E-state index in [4.69, 9.17) is 11.6 Å². The average Bonchev–Trinajstić information content (AvgIpc) is 2.62. The Morgan fingerprint density at radius 3 is 2.33 bits per heavy atom. The van der Waals surface area contributed by atoms with E-state index in [1.807, 2.05) is 6.07 Å². The molecule has 0 aliphatic carbocycles. The summed E-state index contributed by atoms with van der Waals surface area (Å²) in [5.41, 5.74) is 0.755. The van der Waals surface area contributed by atoms with Crippen molar-refractivity contribution in [3.05, 3.63) is 59.1 Å². The van der Waals surface area contributed by atoms with Crippen LogP contribution < -0.4 is 5.32 Å². The molecule has 2 atom stereocenters. The molecule has 2 aromatic rings. The number of amides is 1. The number of anilines is 1. The molecule has 0 aromatic heterocycles. The third-order valence-electron chi connectivity index (χ3n) is 4.69. The third kappa shape index (κ3) is 4.51. The van der Waals surface area contributed by atoms with Crippen molar-refractivity contribution >= 4 is 33.2 Å². The van der Waals surface area contributed by atoms with Gasteiger partial charge in [0.2, 0.25) is 10.0 Å². The summed E-state index contributed by atoms with van der Waals surface area (Å²) in [7, 11) is -3.68. The maximum Gasteiger partial charge on any atom is 0.257 e. The first-order valence-electron chi connectivity index (χ1n) is 8.93. The lowest BCUT2D eigenvalue weighted by molar-refractivity contribution is 0.102. The summed E-state index contributed by atoms with van der Waals surface area (Å²) in [6.45, 7) is 5.08. The number of benzene rings is 2. The number of rotatable bonds is 4. The minimum atomic E-state index is -3.68. The molecule has 1 aliphatic heterocycles. The fraction of sp³-hybridized carbons (Fsp3) is 0.350. The van der Waals surface area contributed by atoms with Crippen LogP contribution in [-0.4, -0.2) is 31.7 Å². The van der Waals surface area contributed by atoms with Crippen LogP contribution in [0.3, 0.4) is 0 Å². The first-order valence-corrected chi connectivity index (χ1v) is 10.8. The number of sulfonamides is 1. The van der Waals surface area contributed by atoms with Crippen LogP contribution in [0.15, 0.2) is 53.4 Å². The van der Waals surface area contributed by atoms with Crippen LogP contribution in [0.1, 0.15) is 30.6 Å². The molecule has 0 unspecified atom stereocenters. The lowest BCUT2D eigenvalue weighted by atomic mass is 9.94. The highest BCUT2D eigenvalue weighted by Gasteiger charge is 2.32. The second-order valence-electron chi connectivity index (χ2n) is 7.23. The summed E-state index contributed by atoms with van der Waals surface area (Å²) in [4.78, 5) is 12.7. The first kappa shape index (κ1) is 19.9. The van der Waals surface area contributed by atoms with Crippen molar-refractivity contribution in [1.82, 2.24) is 4.31 Å². The topological polar surface area (TPSA) is 66.5 Å². The smallest absolute Gasteiger partial charge is 0.257 e. The summed E-state index contributed by atoms with van der Waals surface area (Å²) >= 11 is 6.17. The first-order chi connectivity index (χ1) is 12.8. The number of hydrogen-bond donors (Lipinski definition) is 1. The maximum atomic E-state index is 13.1. The molecule has 27 heavy (non-hydrogen) atoms. The van der Waals surface area contributed by atoms with Gasteiger partial charge < -0.3 is 5.32 Å². The normalized spacial score (nSPS) is 21.0. The molecule has 0 spiro atoms. The van der Waals surface area contributed by atoms with Gasteiger partial charge in [0.25, 0.3) is 5.91 Å². The molecular weight excluding hydrogens is 384 g/mol. The number of para-hydroxylation sites is 1. The van der Waals surface area contributed by atoms with Crippen molar-refractivity contribution in [2.45, 2.75) is 25.2 Å². The zero-order valence-corrected chi connectivity index (χ0v) is 16.9. The van der Waals surface area contributed by atoms with Gasteiger partial charge in [0.1, 0.15) is 0 Å². The highest BCUT2D eigenvalue weighted by Crippen LogP contribution is 2.29. The predicted octanol–water partition coefficient (Wildman–Crippen LogP) is 4.26. The van der Waals surface area contributed by atoms with Gasteiger partial charge in [-0.05, 0) is 48.6 Å². The maximum absolute atomic E-state index is 13.1. The molecule has 1 N–H and O–H groups in total. The van der Waals surface area contributed by atoms with Crippen LogP contribution in [0.5, 0.6) is 0 Å². The summed E-state index contributed by atoms with van der Waals surface area (Å²) < 4.78 is 27.7. The van der Waals surface area contributed by atoms with Gasteiger partial charge in [-0.15, -0.1) is 0 Å². The largest absolute Gasteiger partial charge is 0.322 e. The quantitative estimate of drug-likeness (QED) is 0.824. The van der Waals surface area contributed by atoms with E-state index in [2.05, 4.69) is 19.2 Å². The number of nitrogens with zero attached hydrogens (tertiary/aromatic N) is 1. The Morgan fingerprint density at radius 1 is 1.07 bits per heavy atom. The van der Waals surface area contributed by atoms with Crippen molar-refractivity contribution in [3.63, 3.8) is 0 Å². The monoisotopic (exact) mass is 406 g/mol. The van der Waals surface area contributed by atoms with Crippen LogP contribution >= 0.6 is 11.6 Å². The zero-order valence-electron chi connectivity index (χ0n) is 15.4. The van der Waals surface area contributed by atoms with Crippen LogP contribution in [0, 0.1) is 11.8 Å². The summed E-state index contributed by atoms with van der Waals surface area (Å²) in [5, 5.41) is 2.95. The molecule has 1 fully saturated rings. The molecule has 1 saturated heterocycles. The Kier molecular flexibility index (Phi) is 5.89. The Balaban J connectivity index is 1.89. The van der Waals surface area contributed by atoms with Gasteiger partial charge in [-0.3, -0.25) is 4.79 Å². The van der Waals surface area contributed by atoms with E-state index in [1.54, 1.807) is 24.3 Å². The number of carbonyl (C=O) groups excluding carboxylic acids is 1. The molecule has 1 amide bonds. The summed E-state index contributed by atoms with van der Waals surface area (Å²) in [6.07, 6.45) is 1.01. The second-order valence-corrected chi connectivity index (χ2v) is 9.58. The Hall–Kier alpha value is -1.89. The van der Waals surface area contributed by atoms with Crippen molar-refractivity contribution in [1.29, 1.82) is 0 Å². The molecule has 5 nitrogen and oxygen atoms in total. The summed E-state index contributed by atoms with van der Waals surface area (Å²) in [6, 6.07) is 13.2. The molecule has 0 radical (unpaired) electrons. The molecule has 0 saturated carbocycles. The van der Waals surface area contributed by atoms with Gasteiger partial charge in [0, 0.05) is 18.8 Å². The van der Waals surface area contributed by atoms with Crippen LogP contribution in [-0.2, 0) is 10.0 Å². The lowest BCUT2D eigenvalue weighted by Gasteiger charge is -2.34. The fourth-order valence-electron chi connectivity index (χ4n) is 3.51. The van der Waals surface area contributed by atoms with Crippen molar-refractivity contribution in [2.24, 2.45) is 11.8 Å². The number of piperidine rings is 1. The standard InChI is InChI=1S/C20H23ClN2O3S/c1-14-10-15(2)13-23(12-14)27(25,26)17-8-9-19(21)18(11-17)20(24)22-16-6-4-3-5-7-16/h3-9,11,14-15H,10,12-13H2,1-2H3,(H,22,24)/t14-,15-/m0/s1. The molecule has 1 heterocycles. The third-order valence-corrected chi connectivity index (χ3v) is 6.84. The van der Waals surface area contributed by atoms with Crippen LogP contribution in [0.2, 0.25) is 5.02 Å². The Morgan fingerprint density at radius 2 is 1.70 bits per heavy atom. The predicted molar refractivity (Wildman–Crippen MR) is 108 cm³/mol. The van der Waals surface area contributed by atoms with Gasteiger partial charge in [-0.25, -0.2) is 8.42 Å². The number of nitrogens with one attached hydrogen (secondary N) is 1. The molecular formula is C20H23ClN2O3S. The average molecular weight is 407 g/mol. The van der Waals surface area contributed by atoms with E-state index in [0.717, 1.165) is 6.42 Å². The minimum absolute atomic E-state index is 0.0893. The van der Waals surface area contributed by atoms with E-state index in [1.165, 1.54) is 22.5 Å². The molecule has 3 rings (SSSR count). The highest BCUT2D eigenvalue weighted by molar-refractivity contribution is 7.89. The van der Waals surface area contributed by atoms with Gasteiger partial charge in [-0.2, -0.15) is 4.31 Å². The number of hydrogen-bond acceptors (Lipinski definition) is 3. The number of halogens is 1. The Bertz CT molecular complexity index is 921. The van der Waals surface area contributed by atoms with E-state index in [-0.39, 0.29) is 15.5 Å². The molecule has 7 heteroatoms. The van der Waals surface area contributed by atoms with Gasteiger partial charge in [-0.1, -0.05) is 43.6 Å². The van der Waals surface area contributed by atoms with E-state index in [0.29, 0.717) is 30.6 Å². The van der Waals surface area contributed by atoms with Gasteiger partial charge >= 0.3 is 0 Å². The minimum Gasteiger partial charge on any atom is -0.322 e. The van der Waals surface area contributed by atoms with E-state index >= 15 is 0 Å². The fourth-order valence-corrected chi connectivity index (χ4v) is 5.42. The molecule has 144 valence electrons. The SMILES string of the molecule is C[C@H]1C[C@H](C)CN(S(=O)(=O)c2ccc(Cl)c(C(=O)Nc3ccccc3)c2)C1. The van der Waals surface area contributed by atoms with Crippen LogP contribution in [0.4, 0.5) is 5.69 Å². The Labute approximate surface area is 165 Å². The van der Waals surface area contributed by atoms with Gasteiger partial charge in [0.15, 0.2) is 0 Å². The zero-order chi connectivity index (χ0) is 19.6. The summed E-state index contributed by atoms with van der Waals surface area (Å²) in [5.74, 6) is 0.164. The van der Waals surface area contributed by atoms with Gasteiger partial charge in [0.05, 0.1) is 15.5 Å². The van der Waals surface area contributed by atoms with Crippen LogP contribution in [0.25, 0.3) is 0 Å².